The molecule has 7 nitrogen and oxygen atoms in total. The van der Waals surface area contributed by atoms with Gasteiger partial charge in [-0.2, -0.15) is 0 Å². The summed E-state index contributed by atoms with van der Waals surface area (Å²) < 4.78 is 2.32. The van der Waals surface area contributed by atoms with Crippen LogP contribution in [0.2, 0.25) is 0 Å². The number of nitrogens with one attached hydrogen (secondary N) is 1. The first-order valence-corrected chi connectivity index (χ1v) is 12.1. The average molecular weight is 428 g/mol. The number of carbonyl (C=O) groups excluding carboxylic acids is 2. The second-order valence-electron chi connectivity index (χ2n) is 7.97. The minimum absolute atomic E-state index is 0.0867. The predicted octanol–water partition coefficient (Wildman–Crippen LogP) is 3.60. The maximum absolute atomic E-state index is 12.5. The molecular weight excluding hydrogens is 398 g/mol. The lowest BCUT2D eigenvalue weighted by atomic mass is 10.1. The van der Waals surface area contributed by atoms with Crippen molar-refractivity contribution in [2.75, 3.05) is 24.2 Å². The minimum Gasteiger partial charge on any atom is -0.352 e. The van der Waals surface area contributed by atoms with Crippen molar-refractivity contribution in [2.45, 2.75) is 62.6 Å². The molecule has 0 unspecified atom stereocenters. The van der Waals surface area contributed by atoms with Crippen LogP contribution < -0.4 is 10.2 Å². The molecule has 2 aliphatic rings. The van der Waals surface area contributed by atoms with Crippen molar-refractivity contribution >= 4 is 29.3 Å². The normalized spacial score (nSPS) is 17.1. The second-order valence-corrected chi connectivity index (χ2v) is 8.74. The molecule has 4 rings (SSSR count). The Kier molecular flexibility index (Phi) is 6.72. The Labute approximate surface area is 181 Å². The van der Waals surface area contributed by atoms with Crippen LogP contribution in [0.1, 0.15) is 67.2 Å². The molecule has 30 heavy (non-hydrogen) atoms. The zero-order valence-corrected chi connectivity index (χ0v) is 18.3. The van der Waals surface area contributed by atoms with E-state index in [-0.39, 0.29) is 11.8 Å². The van der Waals surface area contributed by atoms with Crippen LogP contribution in [0.3, 0.4) is 0 Å². The number of nitrogens with zero attached hydrogens (tertiary/aromatic N) is 4. The van der Waals surface area contributed by atoms with E-state index in [1.54, 1.807) is 28.8 Å². The van der Waals surface area contributed by atoms with E-state index in [0.29, 0.717) is 24.6 Å². The molecule has 1 saturated heterocycles. The highest BCUT2D eigenvalue weighted by molar-refractivity contribution is 7.98. The van der Waals surface area contributed by atoms with Crippen molar-refractivity contribution in [3.8, 4) is 0 Å². The molecule has 0 bridgehead atoms. The number of aromatic nitrogens is 3. The van der Waals surface area contributed by atoms with Gasteiger partial charge in [0.05, 0.1) is 0 Å². The van der Waals surface area contributed by atoms with Gasteiger partial charge >= 0.3 is 0 Å². The molecule has 0 radical (unpaired) electrons. The van der Waals surface area contributed by atoms with E-state index in [4.69, 9.17) is 0 Å². The van der Waals surface area contributed by atoms with Crippen LogP contribution in [-0.4, -0.2) is 45.9 Å². The maximum Gasteiger partial charge on any atom is 0.251 e. The summed E-state index contributed by atoms with van der Waals surface area (Å²) in [5.41, 5.74) is 1.48. The van der Waals surface area contributed by atoms with Gasteiger partial charge in [-0.3, -0.25) is 9.59 Å². The number of anilines is 1. The number of carbonyl (C=O) groups is 2. The molecule has 2 heterocycles. The molecule has 2 amide bonds. The number of amides is 2. The Hall–Kier alpha value is -2.35. The third-order valence-electron chi connectivity index (χ3n) is 5.98. The molecule has 0 spiro atoms. The van der Waals surface area contributed by atoms with Crippen LogP contribution in [0.15, 0.2) is 29.4 Å². The van der Waals surface area contributed by atoms with Gasteiger partial charge in [0.1, 0.15) is 5.82 Å². The van der Waals surface area contributed by atoms with E-state index in [2.05, 4.69) is 20.1 Å². The number of hydrogen-bond donors (Lipinski definition) is 1. The van der Waals surface area contributed by atoms with Gasteiger partial charge in [0, 0.05) is 43.2 Å². The summed E-state index contributed by atoms with van der Waals surface area (Å²) >= 11 is 1.65. The molecule has 1 aromatic carbocycles. The first-order chi connectivity index (χ1) is 14.7. The van der Waals surface area contributed by atoms with Gasteiger partial charge in [0.25, 0.3) is 5.91 Å². The Morgan fingerprint density at radius 1 is 1.17 bits per heavy atom. The molecule has 1 aromatic heterocycles. The summed E-state index contributed by atoms with van der Waals surface area (Å²) in [5.74, 6) is 1.10. The molecule has 1 aliphatic heterocycles. The lowest BCUT2D eigenvalue weighted by Crippen LogP contribution is -2.26. The summed E-state index contributed by atoms with van der Waals surface area (Å²) in [5, 5.41) is 12.7. The fourth-order valence-electron chi connectivity index (χ4n) is 4.41. The topological polar surface area (TPSA) is 80.1 Å². The van der Waals surface area contributed by atoms with Crippen LogP contribution in [0.5, 0.6) is 0 Å². The lowest BCUT2D eigenvalue weighted by molar-refractivity contribution is -0.117. The van der Waals surface area contributed by atoms with Crippen molar-refractivity contribution in [2.24, 2.45) is 0 Å². The zero-order valence-electron chi connectivity index (χ0n) is 17.5. The van der Waals surface area contributed by atoms with Gasteiger partial charge in [0.2, 0.25) is 5.91 Å². The quantitative estimate of drug-likeness (QED) is 0.514. The number of hydrogen-bond acceptors (Lipinski definition) is 5. The summed E-state index contributed by atoms with van der Waals surface area (Å²) in [7, 11) is 0. The van der Waals surface area contributed by atoms with Gasteiger partial charge in [-0.05, 0) is 56.2 Å². The average Bonchev–Trinajstić information content (AvgIpc) is 3.51. The van der Waals surface area contributed by atoms with Gasteiger partial charge < -0.3 is 14.8 Å². The van der Waals surface area contributed by atoms with Crippen LogP contribution in [0.25, 0.3) is 0 Å². The SMILES string of the molecule is CSc1nnc(CCCNC(=O)c2ccc(N3CCCC3=O)cc2)n1C1CCCC1. The number of aryl methyl sites for hydroxylation is 1. The third kappa shape index (κ3) is 4.53. The number of thioether (sulfide) groups is 1. The molecule has 160 valence electrons. The van der Waals surface area contributed by atoms with E-state index in [9.17, 15) is 9.59 Å². The maximum atomic E-state index is 12.5. The van der Waals surface area contributed by atoms with Crippen LogP contribution in [-0.2, 0) is 11.2 Å². The van der Waals surface area contributed by atoms with E-state index in [0.717, 1.165) is 42.5 Å². The summed E-state index contributed by atoms with van der Waals surface area (Å²) in [6, 6.07) is 7.81. The fraction of sp³-hybridized carbons (Fsp3) is 0.545. The Balaban J connectivity index is 1.28. The highest BCUT2D eigenvalue weighted by Crippen LogP contribution is 2.33. The molecular formula is C22H29N5O2S. The first-order valence-electron chi connectivity index (χ1n) is 10.8. The van der Waals surface area contributed by atoms with Crippen molar-refractivity contribution in [1.82, 2.24) is 20.1 Å². The standard InChI is InChI=1S/C22H29N5O2S/c1-30-22-25-24-19(27(22)18-6-2-3-7-18)8-4-14-23-21(29)16-10-12-17(13-11-16)26-15-5-9-20(26)28/h10-13,18H,2-9,14-15H2,1H3,(H,23,29). The molecule has 1 aliphatic carbocycles. The van der Waals surface area contributed by atoms with E-state index < -0.39 is 0 Å². The van der Waals surface area contributed by atoms with E-state index in [1.807, 2.05) is 18.4 Å². The largest absolute Gasteiger partial charge is 0.352 e. The molecule has 2 fully saturated rings. The zero-order chi connectivity index (χ0) is 20.9. The van der Waals surface area contributed by atoms with Gasteiger partial charge in [0.15, 0.2) is 5.16 Å². The molecule has 2 aromatic rings. The molecule has 0 atom stereocenters. The van der Waals surface area contributed by atoms with Crippen molar-refractivity contribution in [1.29, 1.82) is 0 Å². The third-order valence-corrected chi connectivity index (χ3v) is 6.63. The molecule has 1 saturated carbocycles. The van der Waals surface area contributed by atoms with Gasteiger partial charge in [-0.15, -0.1) is 10.2 Å². The van der Waals surface area contributed by atoms with E-state index in [1.165, 1.54) is 25.7 Å². The van der Waals surface area contributed by atoms with Gasteiger partial charge in [-0.25, -0.2) is 0 Å². The summed E-state index contributed by atoms with van der Waals surface area (Å²) in [6.45, 7) is 1.35. The van der Waals surface area contributed by atoms with Crippen molar-refractivity contribution in [3.05, 3.63) is 35.7 Å². The number of rotatable bonds is 8. The lowest BCUT2D eigenvalue weighted by Gasteiger charge is -2.16. The predicted molar refractivity (Wildman–Crippen MR) is 118 cm³/mol. The Morgan fingerprint density at radius 2 is 1.93 bits per heavy atom. The minimum atomic E-state index is -0.0867. The monoisotopic (exact) mass is 427 g/mol. The summed E-state index contributed by atoms with van der Waals surface area (Å²) in [4.78, 5) is 26.1. The highest BCUT2D eigenvalue weighted by atomic mass is 32.2. The van der Waals surface area contributed by atoms with Crippen molar-refractivity contribution < 1.29 is 9.59 Å². The Morgan fingerprint density at radius 3 is 2.60 bits per heavy atom. The van der Waals surface area contributed by atoms with Crippen LogP contribution >= 0.6 is 11.8 Å². The van der Waals surface area contributed by atoms with Crippen molar-refractivity contribution in [3.63, 3.8) is 0 Å². The second kappa shape index (κ2) is 9.64. The van der Waals surface area contributed by atoms with Crippen LogP contribution in [0, 0.1) is 0 Å². The first kappa shape index (κ1) is 20.9. The highest BCUT2D eigenvalue weighted by Gasteiger charge is 2.24. The van der Waals surface area contributed by atoms with Crippen LogP contribution in [0.4, 0.5) is 5.69 Å². The van der Waals surface area contributed by atoms with Gasteiger partial charge in [-0.1, -0.05) is 24.6 Å². The van der Waals surface area contributed by atoms with E-state index >= 15 is 0 Å². The molecule has 8 heteroatoms. The smallest absolute Gasteiger partial charge is 0.251 e. The Bertz CT molecular complexity index is 889. The number of benzene rings is 1. The summed E-state index contributed by atoms with van der Waals surface area (Å²) in [6.07, 6.45) is 10.1. The molecule has 1 N–H and O–H groups in total. The fourth-order valence-corrected chi connectivity index (χ4v) is 4.98.